The number of carboxylic acids is 1. The Morgan fingerprint density at radius 3 is 2.16 bits per heavy atom. The molecule has 0 unspecified atom stereocenters. The third kappa shape index (κ3) is 4.04. The molecule has 10 heteroatoms. The van der Waals surface area contributed by atoms with Crippen LogP contribution in [0.2, 0.25) is 0 Å². The maximum absolute atomic E-state index is 12.8. The average Bonchev–Trinajstić information content (AvgIpc) is 2.59. The molecule has 0 bridgehead atoms. The number of ether oxygens (including phenoxy) is 1. The van der Waals surface area contributed by atoms with Gasteiger partial charge in [-0.05, 0) is 36.4 Å². The van der Waals surface area contributed by atoms with E-state index in [0.29, 0.717) is 10.1 Å². The second-order valence-electron chi connectivity index (χ2n) is 4.85. The third-order valence-corrected chi connectivity index (χ3v) is 5.06. The van der Waals surface area contributed by atoms with Crippen LogP contribution in [-0.2, 0) is 14.8 Å². The Morgan fingerprint density at radius 2 is 1.72 bits per heavy atom. The van der Waals surface area contributed by atoms with Gasteiger partial charge in [-0.2, -0.15) is 0 Å². The zero-order valence-electron chi connectivity index (χ0n) is 13.0. The first-order valence-electron chi connectivity index (χ1n) is 6.89. The maximum Gasteiger partial charge on any atom is 0.324 e. The summed E-state index contributed by atoms with van der Waals surface area (Å²) < 4.78 is 31.2. The Balaban J connectivity index is 2.47. The Bertz CT molecular complexity index is 877. The number of methoxy groups -OCH3 is 1. The number of carbonyl (C=O) groups is 1. The molecule has 9 nitrogen and oxygen atoms in total. The SMILES string of the molecule is COc1ccc(N(CC(=O)O)S(=O)(=O)c2ccc([N+](=O)[O-])cc2)cc1. The molecular weight excluding hydrogens is 352 g/mol. The molecule has 0 spiro atoms. The summed E-state index contributed by atoms with van der Waals surface area (Å²) in [4.78, 5) is 20.9. The molecule has 0 saturated carbocycles. The van der Waals surface area contributed by atoms with Crippen LogP contribution >= 0.6 is 0 Å². The molecule has 2 rings (SSSR count). The monoisotopic (exact) mass is 366 g/mol. The summed E-state index contributed by atoms with van der Waals surface area (Å²) in [6, 6.07) is 10.0. The van der Waals surface area contributed by atoms with Gasteiger partial charge in [-0.15, -0.1) is 0 Å². The minimum Gasteiger partial charge on any atom is -0.497 e. The van der Waals surface area contributed by atoms with Crippen molar-refractivity contribution in [3.8, 4) is 5.75 Å². The van der Waals surface area contributed by atoms with Crippen LogP contribution in [-0.4, -0.2) is 38.1 Å². The smallest absolute Gasteiger partial charge is 0.324 e. The topological polar surface area (TPSA) is 127 Å². The molecule has 0 saturated heterocycles. The molecule has 0 atom stereocenters. The summed E-state index contributed by atoms with van der Waals surface area (Å²) in [5.41, 5.74) is -0.144. The van der Waals surface area contributed by atoms with E-state index in [-0.39, 0.29) is 16.3 Å². The highest BCUT2D eigenvalue weighted by Gasteiger charge is 2.27. The molecule has 2 aromatic rings. The summed E-state index contributed by atoms with van der Waals surface area (Å²) >= 11 is 0. The van der Waals surface area contributed by atoms with E-state index in [9.17, 15) is 23.3 Å². The van der Waals surface area contributed by atoms with Crippen molar-refractivity contribution in [3.63, 3.8) is 0 Å². The second-order valence-corrected chi connectivity index (χ2v) is 6.72. The molecule has 0 aliphatic rings. The first-order chi connectivity index (χ1) is 11.8. The Morgan fingerprint density at radius 1 is 1.16 bits per heavy atom. The fourth-order valence-corrected chi connectivity index (χ4v) is 3.47. The number of hydrogen-bond donors (Lipinski definition) is 1. The van der Waals surface area contributed by atoms with E-state index in [0.717, 1.165) is 24.3 Å². The molecule has 0 fully saturated rings. The zero-order valence-corrected chi connectivity index (χ0v) is 13.8. The lowest BCUT2D eigenvalue weighted by Gasteiger charge is -2.22. The largest absolute Gasteiger partial charge is 0.497 e. The molecule has 0 amide bonds. The van der Waals surface area contributed by atoms with Crippen LogP contribution in [0.15, 0.2) is 53.4 Å². The number of nitrogens with zero attached hydrogens (tertiary/aromatic N) is 2. The molecule has 132 valence electrons. The molecular formula is C15H14N2O7S. The van der Waals surface area contributed by atoms with E-state index in [4.69, 9.17) is 9.84 Å². The molecule has 0 aromatic heterocycles. The lowest BCUT2D eigenvalue weighted by atomic mass is 10.3. The van der Waals surface area contributed by atoms with E-state index >= 15 is 0 Å². The number of non-ortho nitro benzene ring substituents is 1. The minimum absolute atomic E-state index is 0.126. The van der Waals surface area contributed by atoms with Crippen LogP contribution in [0.25, 0.3) is 0 Å². The summed E-state index contributed by atoms with van der Waals surface area (Å²) in [6.07, 6.45) is 0. The normalized spacial score (nSPS) is 10.9. The highest BCUT2D eigenvalue weighted by molar-refractivity contribution is 7.92. The Labute approximate surface area is 143 Å². The van der Waals surface area contributed by atoms with Gasteiger partial charge in [0.05, 0.1) is 22.6 Å². The van der Waals surface area contributed by atoms with Gasteiger partial charge in [0, 0.05) is 12.1 Å². The van der Waals surface area contributed by atoms with E-state index in [1.54, 1.807) is 0 Å². The Hall–Kier alpha value is -3.14. The second kappa shape index (κ2) is 7.18. The molecule has 0 heterocycles. The molecule has 0 aliphatic carbocycles. The number of sulfonamides is 1. The van der Waals surface area contributed by atoms with Gasteiger partial charge in [-0.25, -0.2) is 8.42 Å². The fourth-order valence-electron chi connectivity index (χ4n) is 2.05. The molecule has 1 N–H and O–H groups in total. The first kappa shape index (κ1) is 18.2. The quantitative estimate of drug-likeness (QED) is 0.585. The first-order valence-corrected chi connectivity index (χ1v) is 8.33. The lowest BCUT2D eigenvalue weighted by Crippen LogP contribution is -2.35. The summed E-state index contributed by atoms with van der Waals surface area (Å²) in [5, 5.41) is 19.7. The van der Waals surface area contributed by atoms with Gasteiger partial charge in [0.25, 0.3) is 15.7 Å². The van der Waals surface area contributed by atoms with Gasteiger partial charge in [0.15, 0.2) is 0 Å². The number of rotatable bonds is 7. The Kier molecular flexibility index (Phi) is 5.22. The van der Waals surface area contributed by atoms with E-state index < -0.39 is 27.5 Å². The van der Waals surface area contributed by atoms with Crippen LogP contribution in [0.4, 0.5) is 11.4 Å². The number of nitro groups is 1. The number of anilines is 1. The van der Waals surface area contributed by atoms with Crippen molar-refractivity contribution in [1.82, 2.24) is 0 Å². The third-order valence-electron chi connectivity index (χ3n) is 3.27. The van der Waals surface area contributed by atoms with Crippen LogP contribution in [0.1, 0.15) is 0 Å². The number of nitro benzene ring substituents is 1. The van der Waals surface area contributed by atoms with E-state index in [2.05, 4.69) is 0 Å². The van der Waals surface area contributed by atoms with Gasteiger partial charge < -0.3 is 9.84 Å². The predicted octanol–water partition coefficient (Wildman–Crippen LogP) is 1.88. The number of hydrogen-bond acceptors (Lipinski definition) is 6. The number of carboxylic acid groups (broad SMARTS) is 1. The van der Waals surface area contributed by atoms with Gasteiger partial charge >= 0.3 is 5.97 Å². The van der Waals surface area contributed by atoms with E-state index in [1.165, 1.54) is 31.4 Å². The summed E-state index contributed by atoms with van der Waals surface area (Å²) in [6.45, 7) is -0.800. The molecule has 25 heavy (non-hydrogen) atoms. The van der Waals surface area contributed by atoms with Gasteiger partial charge in [-0.3, -0.25) is 19.2 Å². The fraction of sp³-hybridized carbons (Fsp3) is 0.133. The highest BCUT2D eigenvalue weighted by atomic mass is 32.2. The van der Waals surface area contributed by atoms with E-state index in [1.807, 2.05) is 0 Å². The zero-order chi connectivity index (χ0) is 18.6. The van der Waals surface area contributed by atoms with Crippen molar-refractivity contribution in [2.45, 2.75) is 4.90 Å². The van der Waals surface area contributed by atoms with Crippen molar-refractivity contribution < 1.29 is 28.0 Å². The predicted molar refractivity (Wildman–Crippen MR) is 88.3 cm³/mol. The van der Waals surface area contributed by atoms with Crippen molar-refractivity contribution >= 4 is 27.4 Å². The highest BCUT2D eigenvalue weighted by Crippen LogP contribution is 2.26. The minimum atomic E-state index is -4.22. The molecule has 0 radical (unpaired) electrons. The van der Waals surface area contributed by atoms with Crippen LogP contribution in [0.5, 0.6) is 5.75 Å². The summed E-state index contributed by atoms with van der Waals surface area (Å²) in [5.74, 6) is -0.868. The number of aliphatic carboxylic acids is 1. The van der Waals surface area contributed by atoms with Crippen molar-refractivity contribution in [1.29, 1.82) is 0 Å². The van der Waals surface area contributed by atoms with Gasteiger partial charge in [-0.1, -0.05) is 0 Å². The standard InChI is InChI=1S/C15H14N2O7S/c1-24-13-6-2-11(3-7-13)16(10-15(18)19)25(22,23)14-8-4-12(5-9-14)17(20)21/h2-9H,10H2,1H3,(H,18,19). The lowest BCUT2D eigenvalue weighted by molar-refractivity contribution is -0.384. The van der Waals surface area contributed by atoms with Gasteiger partial charge in [0.2, 0.25) is 0 Å². The molecule has 2 aromatic carbocycles. The van der Waals surface area contributed by atoms with Crippen molar-refractivity contribution in [2.75, 3.05) is 18.0 Å². The molecule has 0 aliphatic heterocycles. The average molecular weight is 366 g/mol. The van der Waals surface area contributed by atoms with Crippen LogP contribution < -0.4 is 9.04 Å². The number of benzene rings is 2. The van der Waals surface area contributed by atoms with Crippen molar-refractivity contribution in [3.05, 3.63) is 58.6 Å². The maximum atomic E-state index is 12.8. The van der Waals surface area contributed by atoms with Crippen molar-refractivity contribution in [2.24, 2.45) is 0 Å². The van der Waals surface area contributed by atoms with Crippen LogP contribution in [0, 0.1) is 10.1 Å². The van der Waals surface area contributed by atoms with Gasteiger partial charge in [0.1, 0.15) is 12.3 Å². The van der Waals surface area contributed by atoms with Crippen LogP contribution in [0.3, 0.4) is 0 Å². The summed E-state index contributed by atoms with van der Waals surface area (Å²) in [7, 11) is -2.78.